The normalized spacial score (nSPS) is 18.1. The Labute approximate surface area is 199 Å². The van der Waals surface area contributed by atoms with E-state index in [1.165, 1.54) is 12.1 Å². The van der Waals surface area contributed by atoms with Crippen molar-refractivity contribution < 1.29 is 31.9 Å². The summed E-state index contributed by atoms with van der Waals surface area (Å²) in [5.74, 6) is -2.18. The Morgan fingerprint density at radius 1 is 1.03 bits per heavy atom. The maximum atomic E-state index is 14.2. The highest BCUT2D eigenvalue weighted by atomic mass is 32.2. The molecule has 188 valence electrons. The lowest BCUT2D eigenvalue weighted by atomic mass is 9.90. The predicted molar refractivity (Wildman–Crippen MR) is 124 cm³/mol. The van der Waals surface area contributed by atoms with Crippen molar-refractivity contribution in [1.29, 1.82) is 0 Å². The van der Waals surface area contributed by atoms with Gasteiger partial charge in [-0.25, -0.2) is 17.6 Å². The number of rotatable bonds is 13. The first-order valence-corrected chi connectivity index (χ1v) is 13.7. The molecule has 0 radical (unpaired) electrons. The van der Waals surface area contributed by atoms with Gasteiger partial charge in [-0.15, -0.1) is 0 Å². The van der Waals surface area contributed by atoms with Crippen LogP contribution in [0.25, 0.3) is 0 Å². The van der Waals surface area contributed by atoms with Gasteiger partial charge in [-0.05, 0) is 55.2 Å². The lowest BCUT2D eigenvalue weighted by Gasteiger charge is -2.22. The molecule has 1 aliphatic heterocycles. The smallest absolute Gasteiger partial charge is 0.328 e. The third-order valence-corrected chi connectivity index (χ3v) is 8.07. The van der Waals surface area contributed by atoms with Gasteiger partial charge in [0, 0.05) is 12.0 Å². The van der Waals surface area contributed by atoms with Crippen LogP contribution in [-0.2, 0) is 19.4 Å². The van der Waals surface area contributed by atoms with Crippen molar-refractivity contribution in [2.75, 3.05) is 18.1 Å². The summed E-state index contributed by atoms with van der Waals surface area (Å²) < 4.78 is 45.6. The molecule has 34 heavy (non-hydrogen) atoms. The van der Waals surface area contributed by atoms with E-state index in [0.29, 0.717) is 43.1 Å². The molecule has 0 bridgehead atoms. The van der Waals surface area contributed by atoms with Crippen molar-refractivity contribution >= 4 is 27.7 Å². The van der Waals surface area contributed by atoms with Crippen LogP contribution in [-0.4, -0.2) is 44.4 Å². The first-order valence-electron chi connectivity index (χ1n) is 11.8. The summed E-state index contributed by atoms with van der Waals surface area (Å²) >= 11 is 0. The number of barbiturate groups is 1. The molecule has 2 aliphatic rings. The summed E-state index contributed by atoms with van der Waals surface area (Å²) in [4.78, 5) is 34.6. The molecule has 2 N–H and O–H groups in total. The van der Waals surface area contributed by atoms with Gasteiger partial charge in [0.25, 0.3) is 0 Å². The number of benzene rings is 1. The van der Waals surface area contributed by atoms with Crippen LogP contribution in [0.2, 0.25) is 0 Å². The van der Waals surface area contributed by atoms with Crippen LogP contribution >= 0.6 is 0 Å². The first kappa shape index (κ1) is 26.1. The number of carbonyl (C=O) groups excluding carboxylic acids is 3. The second kappa shape index (κ2) is 11.3. The molecule has 10 heteroatoms. The van der Waals surface area contributed by atoms with E-state index in [1.807, 2.05) is 13.8 Å². The molecule has 1 saturated carbocycles. The number of imide groups is 2. The van der Waals surface area contributed by atoms with Gasteiger partial charge in [0.2, 0.25) is 11.8 Å². The van der Waals surface area contributed by atoms with E-state index in [2.05, 4.69) is 10.6 Å². The van der Waals surface area contributed by atoms with Crippen molar-refractivity contribution in [1.82, 2.24) is 10.6 Å². The van der Waals surface area contributed by atoms with Crippen molar-refractivity contribution in [3.05, 3.63) is 29.6 Å². The van der Waals surface area contributed by atoms with E-state index in [4.69, 9.17) is 4.74 Å². The highest BCUT2D eigenvalue weighted by molar-refractivity contribution is 7.91. The molecule has 0 unspecified atom stereocenters. The SMILES string of the molecule is CC(C)[C@@H](CS(=O)(=O)CCCCCC1C(=O)NC(=O)NC1=O)c1cc(F)cc(OCC2CC2)c1. The molecule has 2 fully saturated rings. The molecule has 1 aliphatic carbocycles. The number of urea groups is 1. The van der Waals surface area contributed by atoms with Crippen LogP contribution in [0.3, 0.4) is 0 Å². The highest BCUT2D eigenvalue weighted by Crippen LogP contribution is 2.33. The van der Waals surface area contributed by atoms with Crippen LogP contribution in [0.4, 0.5) is 9.18 Å². The molecule has 1 aromatic carbocycles. The van der Waals surface area contributed by atoms with E-state index < -0.39 is 39.4 Å². The number of amides is 4. The highest BCUT2D eigenvalue weighted by Gasteiger charge is 2.33. The molecular formula is C24H33FN2O6S. The molecule has 0 aromatic heterocycles. The zero-order chi connectivity index (χ0) is 24.9. The van der Waals surface area contributed by atoms with Gasteiger partial charge < -0.3 is 4.74 Å². The van der Waals surface area contributed by atoms with E-state index in [0.717, 1.165) is 12.8 Å². The van der Waals surface area contributed by atoms with E-state index in [9.17, 15) is 27.2 Å². The Hall–Kier alpha value is -2.49. The predicted octanol–water partition coefficient (Wildman–Crippen LogP) is 3.31. The topological polar surface area (TPSA) is 119 Å². The largest absolute Gasteiger partial charge is 0.493 e. The summed E-state index contributed by atoms with van der Waals surface area (Å²) in [5, 5.41) is 4.11. The Bertz CT molecular complexity index is 1000. The fourth-order valence-electron chi connectivity index (χ4n) is 4.07. The molecule has 4 amide bonds. The lowest BCUT2D eigenvalue weighted by Crippen LogP contribution is -2.55. The number of hydrogen-bond acceptors (Lipinski definition) is 6. The Kier molecular flexibility index (Phi) is 8.67. The van der Waals surface area contributed by atoms with Crippen LogP contribution in [0.1, 0.15) is 63.9 Å². The van der Waals surface area contributed by atoms with Gasteiger partial charge in [-0.2, -0.15) is 0 Å². The third kappa shape index (κ3) is 7.78. The van der Waals surface area contributed by atoms with Crippen LogP contribution in [0.15, 0.2) is 18.2 Å². The first-order chi connectivity index (χ1) is 16.0. The number of hydrogen-bond donors (Lipinski definition) is 2. The molecular weight excluding hydrogens is 463 g/mol. The van der Waals surface area contributed by atoms with Gasteiger partial charge in [0.1, 0.15) is 17.5 Å². The Balaban J connectivity index is 1.51. The zero-order valence-corrected chi connectivity index (χ0v) is 20.5. The number of halogens is 1. The molecule has 3 rings (SSSR count). The van der Waals surface area contributed by atoms with Gasteiger partial charge >= 0.3 is 6.03 Å². The number of carbonyl (C=O) groups is 3. The summed E-state index contributed by atoms with van der Waals surface area (Å²) in [5.41, 5.74) is 0.619. The number of nitrogens with one attached hydrogen (secondary N) is 2. The second-order valence-corrected chi connectivity index (χ2v) is 11.9. The second-order valence-electron chi connectivity index (χ2n) is 9.65. The van der Waals surface area contributed by atoms with Gasteiger partial charge in [0.15, 0.2) is 9.84 Å². The van der Waals surface area contributed by atoms with Crippen LogP contribution in [0, 0.1) is 23.6 Å². The minimum Gasteiger partial charge on any atom is -0.493 e. The third-order valence-electron chi connectivity index (χ3n) is 6.30. The molecule has 0 spiro atoms. The molecule has 1 saturated heterocycles. The van der Waals surface area contributed by atoms with E-state index in [1.54, 1.807) is 6.07 Å². The number of unbranched alkanes of at least 4 members (excludes halogenated alkanes) is 2. The summed E-state index contributed by atoms with van der Waals surface area (Å²) in [7, 11) is -3.42. The lowest BCUT2D eigenvalue weighted by molar-refractivity contribution is -0.136. The summed E-state index contributed by atoms with van der Waals surface area (Å²) in [6, 6.07) is 3.64. The quantitative estimate of drug-likeness (QED) is 0.319. The molecule has 1 atom stereocenters. The van der Waals surface area contributed by atoms with Crippen molar-refractivity contribution in [3.8, 4) is 5.75 Å². The van der Waals surface area contributed by atoms with Gasteiger partial charge in [-0.1, -0.05) is 26.7 Å². The Morgan fingerprint density at radius 3 is 2.32 bits per heavy atom. The monoisotopic (exact) mass is 496 g/mol. The molecule has 1 aromatic rings. The maximum Gasteiger partial charge on any atom is 0.328 e. The van der Waals surface area contributed by atoms with Crippen molar-refractivity contribution in [2.24, 2.45) is 17.8 Å². The van der Waals surface area contributed by atoms with Gasteiger partial charge in [0.05, 0.1) is 18.1 Å². The molecule has 8 nitrogen and oxygen atoms in total. The maximum absolute atomic E-state index is 14.2. The van der Waals surface area contributed by atoms with Crippen molar-refractivity contribution in [2.45, 2.75) is 58.3 Å². The number of sulfone groups is 1. The summed E-state index contributed by atoms with van der Waals surface area (Å²) in [6.07, 6.45) is 3.88. The fraction of sp³-hybridized carbons (Fsp3) is 0.625. The van der Waals surface area contributed by atoms with E-state index >= 15 is 0 Å². The van der Waals surface area contributed by atoms with E-state index in [-0.39, 0.29) is 29.8 Å². The minimum absolute atomic E-state index is 0.0149. The average molecular weight is 497 g/mol. The zero-order valence-electron chi connectivity index (χ0n) is 19.6. The standard InChI is InChI=1S/C24H33FN2O6S/c1-15(2)21(17-10-18(25)12-19(11-17)33-13-16-7-8-16)14-34(31,32)9-5-3-4-6-20-22(28)26-24(30)27-23(20)29/h10-12,15-16,20-21H,3-9,13-14H2,1-2H3,(H2,26,27,28,29,30)/t21-/m1/s1. The van der Waals surface area contributed by atoms with Crippen LogP contribution < -0.4 is 15.4 Å². The fourth-order valence-corrected chi connectivity index (χ4v) is 6.00. The van der Waals surface area contributed by atoms with Crippen LogP contribution in [0.5, 0.6) is 5.75 Å². The Morgan fingerprint density at radius 2 is 1.71 bits per heavy atom. The minimum atomic E-state index is -3.42. The molecule has 1 heterocycles. The van der Waals surface area contributed by atoms with Crippen molar-refractivity contribution in [3.63, 3.8) is 0 Å². The number of ether oxygens (including phenoxy) is 1. The summed E-state index contributed by atoms with van der Waals surface area (Å²) in [6.45, 7) is 4.38. The van der Waals surface area contributed by atoms with Gasteiger partial charge in [-0.3, -0.25) is 20.2 Å². The average Bonchev–Trinajstić information content (AvgIpc) is 3.56.